The number of hydrogen-bond acceptors (Lipinski definition) is 3. The molecule has 1 saturated heterocycles. The Morgan fingerprint density at radius 2 is 2.39 bits per heavy atom. The zero-order chi connectivity index (χ0) is 13.2. The lowest BCUT2D eigenvalue weighted by atomic mass is 10.0. The van der Waals surface area contributed by atoms with E-state index < -0.39 is 5.60 Å². The second-order valence-electron chi connectivity index (χ2n) is 4.67. The zero-order valence-corrected chi connectivity index (χ0v) is 11.0. The molecule has 1 heterocycles. The number of carbonyl (C=O) groups excluding carboxylic acids is 1. The largest absolute Gasteiger partial charge is 0.386 e. The topological polar surface area (TPSA) is 58.6 Å². The highest BCUT2D eigenvalue weighted by Crippen LogP contribution is 2.18. The molecule has 1 aliphatic heterocycles. The van der Waals surface area contributed by atoms with Crippen LogP contribution in [0.3, 0.4) is 0 Å². The predicted molar refractivity (Wildman–Crippen MR) is 68.9 cm³/mol. The maximum absolute atomic E-state index is 11.9. The maximum Gasteiger partial charge on any atom is 0.251 e. The van der Waals surface area contributed by atoms with Crippen LogP contribution < -0.4 is 5.32 Å². The van der Waals surface area contributed by atoms with Gasteiger partial charge in [0, 0.05) is 30.2 Å². The Labute approximate surface area is 111 Å². The van der Waals surface area contributed by atoms with E-state index in [-0.39, 0.29) is 19.1 Å². The average Bonchev–Trinajstić information content (AvgIpc) is 2.77. The summed E-state index contributed by atoms with van der Waals surface area (Å²) in [5.74, 6) is -0.239. The van der Waals surface area contributed by atoms with Gasteiger partial charge in [-0.15, -0.1) is 0 Å². The lowest BCUT2D eigenvalue weighted by molar-refractivity contribution is 0.0264. The van der Waals surface area contributed by atoms with Gasteiger partial charge in [0.2, 0.25) is 0 Å². The van der Waals surface area contributed by atoms with Crippen molar-refractivity contribution in [3.8, 4) is 0 Å². The summed E-state index contributed by atoms with van der Waals surface area (Å²) in [6.45, 7) is 2.87. The van der Waals surface area contributed by atoms with Gasteiger partial charge in [0.15, 0.2) is 0 Å². The van der Waals surface area contributed by atoms with Crippen LogP contribution in [0, 0.1) is 6.92 Å². The van der Waals surface area contributed by atoms with E-state index in [1.54, 1.807) is 18.2 Å². The molecule has 1 amide bonds. The third-order valence-corrected chi connectivity index (χ3v) is 3.50. The number of nitrogens with one attached hydrogen (secondary N) is 1. The van der Waals surface area contributed by atoms with E-state index in [9.17, 15) is 9.90 Å². The van der Waals surface area contributed by atoms with Crippen LogP contribution in [0.2, 0.25) is 5.02 Å². The molecule has 0 bridgehead atoms. The van der Waals surface area contributed by atoms with Crippen molar-refractivity contribution in [1.82, 2.24) is 5.32 Å². The number of hydrogen-bond donors (Lipinski definition) is 2. The zero-order valence-electron chi connectivity index (χ0n) is 10.2. The number of benzene rings is 1. The van der Waals surface area contributed by atoms with Gasteiger partial charge in [-0.2, -0.15) is 0 Å². The summed E-state index contributed by atoms with van der Waals surface area (Å²) in [6.07, 6.45) is 0.544. The molecule has 1 atom stereocenters. The van der Waals surface area contributed by atoms with Crippen molar-refractivity contribution in [3.05, 3.63) is 34.3 Å². The Bertz CT molecular complexity index is 456. The lowest BCUT2D eigenvalue weighted by Crippen LogP contribution is -2.43. The molecule has 1 aliphatic rings. The van der Waals surface area contributed by atoms with Crippen LogP contribution in [0.25, 0.3) is 0 Å². The lowest BCUT2D eigenvalue weighted by Gasteiger charge is -2.20. The van der Waals surface area contributed by atoms with Crippen LogP contribution in [0.5, 0.6) is 0 Å². The van der Waals surface area contributed by atoms with Crippen LogP contribution in [0.4, 0.5) is 0 Å². The van der Waals surface area contributed by atoms with Crippen LogP contribution >= 0.6 is 11.6 Å². The highest BCUT2D eigenvalue weighted by Gasteiger charge is 2.32. The summed E-state index contributed by atoms with van der Waals surface area (Å²) in [6, 6.07) is 5.14. The van der Waals surface area contributed by atoms with E-state index in [0.717, 1.165) is 5.56 Å². The second-order valence-corrected chi connectivity index (χ2v) is 5.08. The Hall–Kier alpha value is -1.10. The molecular formula is C13H16ClNO3. The van der Waals surface area contributed by atoms with Gasteiger partial charge in [-0.25, -0.2) is 0 Å². The molecule has 0 spiro atoms. The molecule has 0 aromatic heterocycles. The number of rotatable bonds is 3. The van der Waals surface area contributed by atoms with Gasteiger partial charge in [-0.05, 0) is 24.6 Å². The summed E-state index contributed by atoms with van der Waals surface area (Å²) < 4.78 is 5.11. The molecule has 0 radical (unpaired) electrons. The first-order chi connectivity index (χ1) is 8.50. The minimum absolute atomic E-state index is 0.192. The summed E-state index contributed by atoms with van der Waals surface area (Å²) in [5.41, 5.74) is 0.480. The molecule has 2 N–H and O–H groups in total. The van der Waals surface area contributed by atoms with E-state index in [4.69, 9.17) is 16.3 Å². The van der Waals surface area contributed by atoms with Gasteiger partial charge in [-0.3, -0.25) is 4.79 Å². The van der Waals surface area contributed by atoms with E-state index >= 15 is 0 Å². The van der Waals surface area contributed by atoms with Gasteiger partial charge in [0.1, 0.15) is 5.60 Å². The molecule has 0 aliphatic carbocycles. The highest BCUT2D eigenvalue weighted by molar-refractivity contribution is 6.31. The van der Waals surface area contributed by atoms with Crippen molar-refractivity contribution < 1.29 is 14.6 Å². The predicted octanol–water partition coefficient (Wildman–Crippen LogP) is 1.53. The molecule has 18 heavy (non-hydrogen) atoms. The molecule has 2 rings (SSSR count). The van der Waals surface area contributed by atoms with Crippen molar-refractivity contribution >= 4 is 17.5 Å². The third kappa shape index (κ3) is 3.02. The fraction of sp³-hybridized carbons (Fsp3) is 0.462. The van der Waals surface area contributed by atoms with Crippen LogP contribution in [-0.2, 0) is 4.74 Å². The quantitative estimate of drug-likeness (QED) is 0.875. The molecular weight excluding hydrogens is 254 g/mol. The molecule has 5 heteroatoms. The second kappa shape index (κ2) is 5.26. The maximum atomic E-state index is 11.9. The first kappa shape index (κ1) is 13.3. The smallest absolute Gasteiger partial charge is 0.251 e. The number of carbonyl (C=O) groups is 1. The average molecular weight is 270 g/mol. The molecule has 1 aromatic carbocycles. The number of ether oxygens (including phenoxy) is 1. The summed E-state index contributed by atoms with van der Waals surface area (Å²) >= 11 is 5.96. The summed E-state index contributed by atoms with van der Waals surface area (Å²) in [5, 5.41) is 13.3. The van der Waals surface area contributed by atoms with Crippen LogP contribution in [-0.4, -0.2) is 36.4 Å². The number of amides is 1. The molecule has 98 valence electrons. The van der Waals surface area contributed by atoms with Crippen LogP contribution in [0.1, 0.15) is 22.3 Å². The van der Waals surface area contributed by atoms with E-state index in [2.05, 4.69) is 5.32 Å². The molecule has 4 nitrogen and oxygen atoms in total. The Kier molecular flexibility index (Phi) is 3.90. The number of aryl methyl sites for hydroxylation is 1. The van der Waals surface area contributed by atoms with Crippen molar-refractivity contribution in [1.29, 1.82) is 0 Å². The third-order valence-electron chi connectivity index (χ3n) is 3.09. The Morgan fingerprint density at radius 3 is 3.00 bits per heavy atom. The SMILES string of the molecule is Cc1ccc(C(=O)NCC2(O)CCOC2)cc1Cl. The number of aliphatic hydroxyl groups is 1. The highest BCUT2D eigenvalue weighted by atomic mass is 35.5. The first-order valence-corrected chi connectivity index (χ1v) is 6.22. The normalized spacial score (nSPS) is 23.1. The monoisotopic (exact) mass is 269 g/mol. The van der Waals surface area contributed by atoms with E-state index in [0.29, 0.717) is 23.6 Å². The molecule has 1 fully saturated rings. The van der Waals surface area contributed by atoms with Gasteiger partial charge in [0.05, 0.1) is 6.61 Å². The molecule has 0 saturated carbocycles. The Morgan fingerprint density at radius 1 is 1.61 bits per heavy atom. The fourth-order valence-corrected chi connectivity index (χ4v) is 2.00. The van der Waals surface area contributed by atoms with Gasteiger partial charge in [-0.1, -0.05) is 17.7 Å². The molecule has 1 aromatic rings. The van der Waals surface area contributed by atoms with Crippen molar-refractivity contribution in [2.75, 3.05) is 19.8 Å². The van der Waals surface area contributed by atoms with Crippen molar-refractivity contribution in [3.63, 3.8) is 0 Å². The van der Waals surface area contributed by atoms with Crippen LogP contribution in [0.15, 0.2) is 18.2 Å². The fourth-order valence-electron chi connectivity index (χ4n) is 1.82. The standard InChI is InChI=1S/C13H16ClNO3/c1-9-2-3-10(6-11(9)14)12(16)15-7-13(17)4-5-18-8-13/h2-3,6,17H,4-5,7-8H2,1H3,(H,15,16). The summed E-state index contributed by atoms with van der Waals surface area (Å²) in [7, 11) is 0. The minimum atomic E-state index is -0.940. The minimum Gasteiger partial charge on any atom is -0.386 e. The van der Waals surface area contributed by atoms with Crippen molar-refractivity contribution in [2.45, 2.75) is 18.9 Å². The van der Waals surface area contributed by atoms with Gasteiger partial charge < -0.3 is 15.2 Å². The number of halogens is 1. The summed E-state index contributed by atoms with van der Waals surface area (Å²) in [4.78, 5) is 11.9. The Balaban J connectivity index is 1.97. The first-order valence-electron chi connectivity index (χ1n) is 5.85. The molecule has 1 unspecified atom stereocenters. The van der Waals surface area contributed by atoms with E-state index in [1.807, 2.05) is 6.92 Å². The van der Waals surface area contributed by atoms with Gasteiger partial charge in [0.25, 0.3) is 5.91 Å². The van der Waals surface area contributed by atoms with Gasteiger partial charge >= 0.3 is 0 Å². The van der Waals surface area contributed by atoms with E-state index in [1.165, 1.54) is 0 Å². The van der Waals surface area contributed by atoms with Crippen molar-refractivity contribution in [2.24, 2.45) is 0 Å².